The predicted molar refractivity (Wildman–Crippen MR) is 59.9 cm³/mol. The number of halogens is 3. The van der Waals surface area contributed by atoms with Crippen LogP contribution in [0.4, 0.5) is 0 Å². The average Bonchev–Trinajstić information content (AvgIpc) is 2.02. The van der Waals surface area contributed by atoms with Crippen LogP contribution in [0.15, 0.2) is 0 Å². The Morgan fingerprint density at radius 3 is 2.29 bits per heavy atom. The van der Waals surface area contributed by atoms with Crippen molar-refractivity contribution in [2.75, 3.05) is 0 Å². The molecule has 0 saturated heterocycles. The predicted octanol–water partition coefficient (Wildman–Crippen LogP) is 3.20. The number of amides is 1. The smallest absolute Gasteiger partial charge is 0.224 e. The molecule has 0 heterocycles. The summed E-state index contributed by atoms with van der Waals surface area (Å²) in [4.78, 5) is 11.4. The molecule has 1 N–H and O–H groups in total. The van der Waals surface area contributed by atoms with Crippen molar-refractivity contribution in [3.8, 4) is 0 Å². The normalized spacial score (nSPS) is 19.4. The lowest BCUT2D eigenvalue weighted by Crippen LogP contribution is -2.37. The molecular formula is C9H14Cl3NO. The largest absolute Gasteiger partial charge is 0.353 e. The van der Waals surface area contributed by atoms with Crippen LogP contribution in [0.1, 0.15) is 38.5 Å². The molecule has 0 aromatic heterocycles. The first kappa shape index (κ1) is 12.4. The van der Waals surface area contributed by atoms with E-state index in [0.29, 0.717) is 0 Å². The van der Waals surface area contributed by atoms with E-state index in [9.17, 15) is 4.79 Å². The number of carbonyl (C=O) groups excluding carboxylic acids is 1. The molecule has 0 unspecified atom stereocenters. The van der Waals surface area contributed by atoms with Gasteiger partial charge in [0.1, 0.15) is 0 Å². The Bertz CT molecular complexity index is 197. The van der Waals surface area contributed by atoms with Crippen molar-refractivity contribution in [3.63, 3.8) is 0 Å². The van der Waals surface area contributed by atoms with Crippen molar-refractivity contribution in [2.24, 2.45) is 0 Å². The minimum Gasteiger partial charge on any atom is -0.353 e. The quantitative estimate of drug-likeness (QED) is 0.757. The van der Waals surface area contributed by atoms with Gasteiger partial charge in [0.05, 0.1) is 6.42 Å². The number of hydrogen-bond donors (Lipinski definition) is 1. The molecule has 2 nitrogen and oxygen atoms in total. The Hall–Kier alpha value is 0.340. The lowest BCUT2D eigenvalue weighted by Gasteiger charge is -2.23. The standard InChI is InChI=1S/C9H14Cl3NO/c10-9(11,12)6-8(14)13-7-4-2-1-3-5-7/h7H,1-6H2,(H,13,14). The molecule has 0 atom stereocenters. The van der Waals surface area contributed by atoms with Crippen molar-refractivity contribution in [3.05, 3.63) is 0 Å². The van der Waals surface area contributed by atoms with Gasteiger partial charge >= 0.3 is 0 Å². The van der Waals surface area contributed by atoms with Crippen LogP contribution >= 0.6 is 34.8 Å². The molecule has 0 aliphatic heterocycles. The van der Waals surface area contributed by atoms with Crippen molar-refractivity contribution < 1.29 is 4.79 Å². The second-order valence-electron chi connectivity index (χ2n) is 3.69. The molecule has 0 bridgehead atoms. The Labute approximate surface area is 99.3 Å². The molecule has 1 aliphatic carbocycles. The summed E-state index contributed by atoms with van der Waals surface area (Å²) in [6.07, 6.45) is 5.65. The Morgan fingerprint density at radius 2 is 1.79 bits per heavy atom. The summed E-state index contributed by atoms with van der Waals surface area (Å²) in [5, 5.41) is 2.88. The maximum atomic E-state index is 11.4. The number of carbonyl (C=O) groups is 1. The highest BCUT2D eigenvalue weighted by Crippen LogP contribution is 2.30. The lowest BCUT2D eigenvalue weighted by atomic mass is 9.95. The van der Waals surface area contributed by atoms with Crippen LogP contribution in [0.3, 0.4) is 0 Å². The second-order valence-corrected chi connectivity index (χ2v) is 6.21. The summed E-state index contributed by atoms with van der Waals surface area (Å²) in [6.45, 7) is 0. The van der Waals surface area contributed by atoms with Crippen molar-refractivity contribution in [1.29, 1.82) is 0 Å². The van der Waals surface area contributed by atoms with Crippen LogP contribution < -0.4 is 5.32 Å². The maximum Gasteiger partial charge on any atom is 0.224 e. The molecule has 14 heavy (non-hydrogen) atoms. The molecule has 0 spiro atoms. The topological polar surface area (TPSA) is 29.1 Å². The summed E-state index contributed by atoms with van der Waals surface area (Å²) in [5.74, 6) is -0.170. The molecule has 1 fully saturated rings. The first-order chi connectivity index (χ1) is 6.47. The van der Waals surface area contributed by atoms with E-state index in [4.69, 9.17) is 34.8 Å². The molecule has 0 aromatic rings. The van der Waals surface area contributed by atoms with Crippen molar-refractivity contribution in [2.45, 2.75) is 48.4 Å². The molecule has 0 aromatic carbocycles. The molecule has 1 amide bonds. The Balaban J connectivity index is 2.25. The maximum absolute atomic E-state index is 11.4. The summed E-state index contributed by atoms with van der Waals surface area (Å²) in [7, 11) is 0. The SMILES string of the molecule is O=C(CC(Cl)(Cl)Cl)NC1CCCCC1. The molecule has 1 saturated carbocycles. The number of rotatable bonds is 2. The van der Waals surface area contributed by atoms with Gasteiger partial charge in [-0.15, -0.1) is 0 Å². The molecule has 82 valence electrons. The van der Waals surface area contributed by atoms with Gasteiger partial charge in [-0.3, -0.25) is 4.79 Å². The van der Waals surface area contributed by atoms with Crippen molar-refractivity contribution >= 4 is 40.7 Å². The first-order valence-electron chi connectivity index (χ1n) is 4.83. The van der Waals surface area contributed by atoms with Crippen LogP contribution in [0, 0.1) is 0 Å². The minimum atomic E-state index is -1.47. The summed E-state index contributed by atoms with van der Waals surface area (Å²) in [5.41, 5.74) is 0. The van der Waals surface area contributed by atoms with E-state index >= 15 is 0 Å². The molecular weight excluding hydrogens is 244 g/mol. The van der Waals surface area contributed by atoms with Gasteiger partial charge in [-0.05, 0) is 12.8 Å². The first-order valence-corrected chi connectivity index (χ1v) is 5.97. The molecule has 1 rings (SSSR count). The van der Waals surface area contributed by atoms with Crippen LogP contribution in [0.25, 0.3) is 0 Å². The van der Waals surface area contributed by atoms with Gasteiger partial charge in [-0.1, -0.05) is 54.1 Å². The van der Waals surface area contributed by atoms with Crippen LogP contribution in [-0.4, -0.2) is 15.7 Å². The number of alkyl halides is 3. The van der Waals surface area contributed by atoms with E-state index in [-0.39, 0.29) is 18.4 Å². The summed E-state index contributed by atoms with van der Waals surface area (Å²) >= 11 is 16.5. The van der Waals surface area contributed by atoms with E-state index < -0.39 is 3.79 Å². The van der Waals surface area contributed by atoms with Gasteiger partial charge in [0.2, 0.25) is 5.91 Å². The third kappa shape index (κ3) is 5.28. The van der Waals surface area contributed by atoms with Gasteiger partial charge in [0.15, 0.2) is 3.79 Å². The highest BCUT2D eigenvalue weighted by Gasteiger charge is 2.25. The van der Waals surface area contributed by atoms with Gasteiger partial charge in [-0.2, -0.15) is 0 Å². The zero-order chi connectivity index (χ0) is 10.6. The zero-order valence-electron chi connectivity index (χ0n) is 7.86. The van der Waals surface area contributed by atoms with Gasteiger partial charge in [0.25, 0.3) is 0 Å². The van der Waals surface area contributed by atoms with Gasteiger partial charge in [-0.25, -0.2) is 0 Å². The third-order valence-corrected chi connectivity index (χ3v) is 2.73. The minimum absolute atomic E-state index is 0.0613. The Kier molecular flexibility index (Phi) is 4.81. The van der Waals surface area contributed by atoms with Crippen LogP contribution in [-0.2, 0) is 4.79 Å². The zero-order valence-corrected chi connectivity index (χ0v) is 10.1. The molecule has 0 radical (unpaired) electrons. The monoisotopic (exact) mass is 257 g/mol. The molecule has 5 heteroatoms. The Morgan fingerprint density at radius 1 is 1.21 bits per heavy atom. The van der Waals surface area contributed by atoms with E-state index in [2.05, 4.69) is 5.32 Å². The summed E-state index contributed by atoms with van der Waals surface area (Å²) in [6, 6.07) is 0.281. The van der Waals surface area contributed by atoms with E-state index in [1.54, 1.807) is 0 Å². The fraction of sp³-hybridized carbons (Fsp3) is 0.889. The second kappa shape index (κ2) is 5.43. The van der Waals surface area contributed by atoms with E-state index in [1.165, 1.54) is 19.3 Å². The van der Waals surface area contributed by atoms with Crippen LogP contribution in [0.5, 0.6) is 0 Å². The summed E-state index contributed by atoms with van der Waals surface area (Å²) < 4.78 is -1.47. The van der Waals surface area contributed by atoms with Gasteiger partial charge < -0.3 is 5.32 Å². The van der Waals surface area contributed by atoms with Crippen LogP contribution in [0.2, 0.25) is 0 Å². The number of hydrogen-bond acceptors (Lipinski definition) is 1. The average molecular weight is 259 g/mol. The van der Waals surface area contributed by atoms with E-state index in [0.717, 1.165) is 12.8 Å². The van der Waals surface area contributed by atoms with E-state index in [1.807, 2.05) is 0 Å². The number of nitrogens with one attached hydrogen (secondary N) is 1. The fourth-order valence-corrected chi connectivity index (χ4v) is 2.07. The van der Waals surface area contributed by atoms with Crippen molar-refractivity contribution in [1.82, 2.24) is 5.32 Å². The lowest BCUT2D eigenvalue weighted by molar-refractivity contribution is -0.121. The fourth-order valence-electron chi connectivity index (χ4n) is 1.71. The third-order valence-electron chi connectivity index (χ3n) is 2.33. The highest BCUT2D eigenvalue weighted by molar-refractivity contribution is 6.68. The van der Waals surface area contributed by atoms with Gasteiger partial charge in [0, 0.05) is 6.04 Å². The molecule has 1 aliphatic rings. The highest BCUT2D eigenvalue weighted by atomic mass is 35.6.